The molecular formula is C11H13N3O2. The van der Waals surface area contributed by atoms with E-state index in [-0.39, 0.29) is 11.8 Å². The normalized spacial score (nSPS) is 14.4. The van der Waals surface area contributed by atoms with Crippen LogP contribution in [-0.2, 0) is 0 Å². The molecule has 0 spiro atoms. The second kappa shape index (κ2) is 4.40. The van der Waals surface area contributed by atoms with E-state index in [1.54, 1.807) is 6.07 Å². The topological polar surface area (TPSA) is 76.3 Å². The highest BCUT2D eigenvalue weighted by atomic mass is 16.2. The van der Waals surface area contributed by atoms with Crippen molar-refractivity contribution in [3.63, 3.8) is 0 Å². The molecule has 2 N–H and O–H groups in total. The SMILES string of the molecule is NCCCCN1C(=O)c2ccncc2C1=O. The number of nitrogens with zero attached hydrogens (tertiary/aromatic N) is 2. The largest absolute Gasteiger partial charge is 0.330 e. The maximum atomic E-state index is 11.8. The minimum absolute atomic E-state index is 0.223. The van der Waals surface area contributed by atoms with Crippen LogP contribution < -0.4 is 5.73 Å². The Morgan fingerprint density at radius 1 is 1.19 bits per heavy atom. The van der Waals surface area contributed by atoms with Crippen LogP contribution in [0.5, 0.6) is 0 Å². The Bertz CT molecular complexity index is 396. The summed E-state index contributed by atoms with van der Waals surface area (Å²) in [6.07, 6.45) is 4.52. The third-order valence-electron chi connectivity index (χ3n) is 2.61. The van der Waals surface area contributed by atoms with Gasteiger partial charge >= 0.3 is 0 Å². The van der Waals surface area contributed by atoms with E-state index < -0.39 is 0 Å². The van der Waals surface area contributed by atoms with Crippen molar-refractivity contribution in [3.05, 3.63) is 29.6 Å². The van der Waals surface area contributed by atoms with E-state index in [0.717, 1.165) is 12.8 Å². The van der Waals surface area contributed by atoms with Gasteiger partial charge in [0.1, 0.15) is 0 Å². The fourth-order valence-electron chi connectivity index (χ4n) is 1.75. The fraction of sp³-hybridized carbons (Fsp3) is 0.364. The van der Waals surface area contributed by atoms with Gasteiger partial charge in [-0.25, -0.2) is 0 Å². The number of fused-ring (bicyclic) bond motifs is 1. The first-order valence-corrected chi connectivity index (χ1v) is 5.26. The first-order chi connectivity index (χ1) is 7.75. The maximum absolute atomic E-state index is 11.8. The van der Waals surface area contributed by atoms with Crippen LogP contribution in [0.25, 0.3) is 0 Å². The Morgan fingerprint density at radius 3 is 2.62 bits per heavy atom. The van der Waals surface area contributed by atoms with E-state index in [9.17, 15) is 9.59 Å². The Morgan fingerprint density at radius 2 is 1.94 bits per heavy atom. The number of unbranched alkanes of at least 4 members (excludes halogenated alkanes) is 1. The highest BCUT2D eigenvalue weighted by Gasteiger charge is 2.34. The van der Waals surface area contributed by atoms with E-state index in [1.807, 2.05) is 0 Å². The smallest absolute Gasteiger partial charge is 0.263 e. The molecule has 16 heavy (non-hydrogen) atoms. The number of rotatable bonds is 4. The molecule has 1 aliphatic heterocycles. The Balaban J connectivity index is 2.15. The molecule has 2 rings (SSSR count). The molecule has 0 saturated heterocycles. The molecule has 1 aromatic heterocycles. The van der Waals surface area contributed by atoms with Gasteiger partial charge in [-0.2, -0.15) is 0 Å². The fourth-order valence-corrected chi connectivity index (χ4v) is 1.75. The van der Waals surface area contributed by atoms with Crippen molar-refractivity contribution in [3.8, 4) is 0 Å². The molecule has 2 heterocycles. The van der Waals surface area contributed by atoms with Gasteiger partial charge in [-0.15, -0.1) is 0 Å². The van der Waals surface area contributed by atoms with Crippen molar-refractivity contribution in [1.29, 1.82) is 0 Å². The van der Waals surface area contributed by atoms with Crippen LogP contribution in [0.1, 0.15) is 33.6 Å². The number of hydrogen-bond donors (Lipinski definition) is 1. The monoisotopic (exact) mass is 219 g/mol. The van der Waals surface area contributed by atoms with E-state index in [0.29, 0.717) is 24.2 Å². The standard InChI is InChI=1S/C11H13N3O2/c12-4-1-2-6-14-10(15)8-3-5-13-7-9(8)11(14)16/h3,5,7H,1-2,4,6,12H2. The summed E-state index contributed by atoms with van der Waals surface area (Å²) >= 11 is 0. The quantitative estimate of drug-likeness (QED) is 0.588. The summed E-state index contributed by atoms with van der Waals surface area (Å²) in [5.41, 5.74) is 6.22. The zero-order valence-electron chi connectivity index (χ0n) is 8.85. The zero-order chi connectivity index (χ0) is 11.5. The summed E-state index contributed by atoms with van der Waals surface area (Å²) in [6, 6.07) is 1.58. The third kappa shape index (κ3) is 1.69. The van der Waals surface area contributed by atoms with Crippen LogP contribution in [0, 0.1) is 0 Å². The molecule has 2 amide bonds. The van der Waals surface area contributed by atoms with Crippen molar-refractivity contribution in [2.45, 2.75) is 12.8 Å². The summed E-state index contributed by atoms with van der Waals surface area (Å²) in [4.78, 5) is 28.8. The number of hydrogen-bond acceptors (Lipinski definition) is 4. The predicted molar refractivity (Wildman–Crippen MR) is 57.9 cm³/mol. The van der Waals surface area contributed by atoms with Crippen molar-refractivity contribution < 1.29 is 9.59 Å². The molecule has 0 saturated carbocycles. The molecule has 0 aliphatic carbocycles. The first-order valence-electron chi connectivity index (χ1n) is 5.26. The van der Waals surface area contributed by atoms with Gasteiger partial charge in [0.15, 0.2) is 0 Å². The van der Waals surface area contributed by atoms with Crippen molar-refractivity contribution in [2.24, 2.45) is 5.73 Å². The van der Waals surface area contributed by atoms with Gasteiger partial charge in [0.25, 0.3) is 11.8 Å². The number of pyridine rings is 1. The summed E-state index contributed by atoms with van der Waals surface area (Å²) < 4.78 is 0. The lowest BCUT2D eigenvalue weighted by atomic mass is 10.2. The molecule has 0 unspecified atom stereocenters. The van der Waals surface area contributed by atoms with Gasteiger partial charge in [0, 0.05) is 18.9 Å². The molecule has 0 fully saturated rings. The van der Waals surface area contributed by atoms with Crippen LogP contribution >= 0.6 is 0 Å². The average molecular weight is 219 g/mol. The molecule has 0 atom stereocenters. The second-order valence-electron chi connectivity index (χ2n) is 3.68. The van der Waals surface area contributed by atoms with Crippen LogP contribution in [0.4, 0.5) is 0 Å². The number of imide groups is 1. The maximum Gasteiger partial charge on any atom is 0.263 e. The molecule has 5 nitrogen and oxygen atoms in total. The summed E-state index contributed by atoms with van der Waals surface area (Å²) in [5, 5.41) is 0. The number of carbonyl (C=O) groups excluding carboxylic acids is 2. The van der Waals surface area contributed by atoms with Crippen molar-refractivity contribution in [2.75, 3.05) is 13.1 Å². The molecule has 84 valence electrons. The second-order valence-corrected chi connectivity index (χ2v) is 3.68. The Hall–Kier alpha value is -1.75. The lowest BCUT2D eigenvalue weighted by Gasteiger charge is -2.12. The molecular weight excluding hydrogens is 206 g/mol. The van der Waals surface area contributed by atoms with Gasteiger partial charge < -0.3 is 5.73 Å². The summed E-state index contributed by atoms with van der Waals surface area (Å²) in [6.45, 7) is 1.01. The van der Waals surface area contributed by atoms with E-state index in [4.69, 9.17) is 5.73 Å². The molecule has 1 aromatic rings. The van der Waals surface area contributed by atoms with Crippen molar-refractivity contribution in [1.82, 2.24) is 9.88 Å². The summed E-state index contributed by atoms with van der Waals surface area (Å²) in [7, 11) is 0. The molecule has 0 aromatic carbocycles. The molecule has 5 heteroatoms. The first kappa shape index (κ1) is 10.8. The summed E-state index contributed by atoms with van der Waals surface area (Å²) in [5.74, 6) is -0.468. The van der Waals surface area contributed by atoms with Gasteiger partial charge in [-0.3, -0.25) is 19.5 Å². The average Bonchev–Trinajstić information content (AvgIpc) is 2.55. The molecule has 1 aliphatic rings. The van der Waals surface area contributed by atoms with Gasteiger partial charge in [-0.1, -0.05) is 0 Å². The molecule has 0 bridgehead atoms. The lowest BCUT2D eigenvalue weighted by Crippen LogP contribution is -2.30. The number of aromatic nitrogens is 1. The highest BCUT2D eigenvalue weighted by Crippen LogP contribution is 2.21. The van der Waals surface area contributed by atoms with E-state index in [1.165, 1.54) is 17.3 Å². The van der Waals surface area contributed by atoms with Crippen LogP contribution in [-0.4, -0.2) is 34.8 Å². The van der Waals surface area contributed by atoms with E-state index >= 15 is 0 Å². The molecule has 0 radical (unpaired) electrons. The number of nitrogens with two attached hydrogens (primary N) is 1. The Kier molecular flexibility index (Phi) is 2.96. The highest BCUT2D eigenvalue weighted by molar-refractivity contribution is 6.21. The number of amides is 2. The van der Waals surface area contributed by atoms with Gasteiger partial charge in [0.05, 0.1) is 11.1 Å². The zero-order valence-corrected chi connectivity index (χ0v) is 8.85. The minimum atomic E-state index is -0.245. The van der Waals surface area contributed by atoms with Gasteiger partial charge in [-0.05, 0) is 25.5 Å². The van der Waals surface area contributed by atoms with Crippen molar-refractivity contribution >= 4 is 11.8 Å². The minimum Gasteiger partial charge on any atom is -0.330 e. The number of carbonyl (C=O) groups is 2. The van der Waals surface area contributed by atoms with Crippen LogP contribution in [0.3, 0.4) is 0 Å². The van der Waals surface area contributed by atoms with Crippen LogP contribution in [0.2, 0.25) is 0 Å². The lowest BCUT2D eigenvalue weighted by molar-refractivity contribution is 0.0652. The van der Waals surface area contributed by atoms with Gasteiger partial charge in [0.2, 0.25) is 0 Å². The third-order valence-corrected chi connectivity index (χ3v) is 2.61. The Labute approximate surface area is 93.3 Å². The van der Waals surface area contributed by atoms with E-state index in [2.05, 4.69) is 4.98 Å². The predicted octanol–water partition coefficient (Wildman–Crippen LogP) is 0.416. The van der Waals surface area contributed by atoms with Crippen LogP contribution in [0.15, 0.2) is 18.5 Å².